The van der Waals surface area contributed by atoms with Gasteiger partial charge in [0.2, 0.25) is 17.6 Å². The molecule has 2 saturated carbocycles. The minimum absolute atomic E-state index is 0.0546. The van der Waals surface area contributed by atoms with Crippen molar-refractivity contribution in [2.45, 2.75) is 143 Å². The Labute approximate surface area is 303 Å². The molecule has 7 atom stereocenters. The summed E-state index contributed by atoms with van der Waals surface area (Å²) in [5.74, 6) is -3.40. The van der Waals surface area contributed by atoms with Crippen molar-refractivity contribution >= 4 is 35.2 Å². The van der Waals surface area contributed by atoms with Crippen molar-refractivity contribution in [3.05, 3.63) is 24.3 Å². The van der Waals surface area contributed by atoms with E-state index in [1.807, 2.05) is 48.5 Å². The molecular weight excluding hydrogens is 648 g/mol. The molecule has 3 aliphatic rings. The van der Waals surface area contributed by atoms with Gasteiger partial charge >= 0.3 is 0 Å². The van der Waals surface area contributed by atoms with Crippen molar-refractivity contribution in [1.29, 1.82) is 0 Å². The largest absolute Gasteiger partial charge is 0.347 e. The van der Waals surface area contributed by atoms with E-state index in [4.69, 9.17) is 0 Å². The number of hydrogen-bond acceptors (Lipinski definition) is 8. The molecule has 3 fully saturated rings. The molecular formula is C39H60N6O6. The Bertz CT molecular complexity index is 1400. The third-order valence-electron chi connectivity index (χ3n) is 11.5. The predicted octanol–water partition coefficient (Wildman–Crippen LogP) is 4.42. The lowest BCUT2D eigenvalue weighted by molar-refractivity contribution is -0.148. The van der Waals surface area contributed by atoms with Gasteiger partial charge in [-0.2, -0.15) is 0 Å². The van der Waals surface area contributed by atoms with E-state index in [9.17, 15) is 28.8 Å². The molecule has 1 aromatic heterocycles. The first-order valence-corrected chi connectivity index (χ1v) is 19.2. The summed E-state index contributed by atoms with van der Waals surface area (Å²) < 4.78 is 0. The first-order valence-electron chi connectivity index (χ1n) is 19.2. The van der Waals surface area contributed by atoms with Crippen molar-refractivity contribution in [3.63, 3.8) is 0 Å². The number of ketones is 2. The van der Waals surface area contributed by atoms with E-state index in [2.05, 4.69) is 25.9 Å². The van der Waals surface area contributed by atoms with Gasteiger partial charge in [0.15, 0.2) is 5.78 Å². The van der Waals surface area contributed by atoms with Crippen LogP contribution in [0, 0.1) is 35.0 Å². The molecule has 51 heavy (non-hydrogen) atoms. The maximum Gasteiger partial charge on any atom is 0.289 e. The summed E-state index contributed by atoms with van der Waals surface area (Å²) >= 11 is 0. The zero-order valence-electron chi connectivity index (χ0n) is 31.7. The third kappa shape index (κ3) is 10.0. The molecule has 1 aromatic rings. The summed E-state index contributed by atoms with van der Waals surface area (Å²) in [4.78, 5) is 92.4. The summed E-state index contributed by atoms with van der Waals surface area (Å²) in [6.45, 7) is 13.8. The van der Waals surface area contributed by atoms with Crippen LogP contribution in [-0.4, -0.2) is 80.8 Å². The van der Waals surface area contributed by atoms with Gasteiger partial charge in [0.25, 0.3) is 11.8 Å². The molecule has 0 radical (unpaired) electrons. The Morgan fingerprint density at radius 1 is 0.902 bits per heavy atom. The van der Waals surface area contributed by atoms with Crippen molar-refractivity contribution in [3.8, 4) is 0 Å². The molecule has 2 heterocycles. The Kier molecular flexibility index (Phi) is 13.9. The van der Waals surface area contributed by atoms with Gasteiger partial charge in [0.1, 0.15) is 11.7 Å². The predicted molar refractivity (Wildman–Crippen MR) is 193 cm³/mol. The molecule has 1 saturated heterocycles. The van der Waals surface area contributed by atoms with Gasteiger partial charge in [-0.1, -0.05) is 73.6 Å². The molecule has 2 aliphatic carbocycles. The molecule has 12 nitrogen and oxygen atoms in total. The number of nitrogens with one attached hydrogen (secondary N) is 3. The maximum absolute atomic E-state index is 14.7. The Hall–Kier alpha value is -3.70. The fraction of sp³-hybridized carbons (Fsp3) is 0.744. The van der Waals surface area contributed by atoms with E-state index in [1.165, 1.54) is 18.6 Å². The van der Waals surface area contributed by atoms with Crippen LogP contribution in [0.4, 0.5) is 0 Å². The molecule has 4 rings (SSSR count). The molecule has 3 N–H and O–H groups in total. The van der Waals surface area contributed by atoms with Gasteiger partial charge in [0, 0.05) is 37.3 Å². The Morgan fingerprint density at radius 3 is 2.22 bits per heavy atom. The van der Waals surface area contributed by atoms with E-state index < -0.39 is 53.0 Å². The zero-order chi connectivity index (χ0) is 37.5. The fourth-order valence-electron chi connectivity index (χ4n) is 8.14. The average Bonchev–Trinajstić information content (AvgIpc) is 3.70. The van der Waals surface area contributed by atoms with Crippen LogP contribution in [0.5, 0.6) is 0 Å². The van der Waals surface area contributed by atoms with E-state index in [1.54, 1.807) is 4.90 Å². The van der Waals surface area contributed by atoms with E-state index in [-0.39, 0.29) is 53.5 Å². The highest BCUT2D eigenvalue weighted by Gasteiger charge is 2.52. The molecule has 1 aliphatic heterocycles. The summed E-state index contributed by atoms with van der Waals surface area (Å²) in [5, 5.41) is 8.60. The van der Waals surface area contributed by atoms with Crippen molar-refractivity contribution in [1.82, 2.24) is 30.8 Å². The van der Waals surface area contributed by atoms with E-state index in [0.717, 1.165) is 51.4 Å². The molecule has 4 amide bonds. The van der Waals surface area contributed by atoms with E-state index >= 15 is 0 Å². The van der Waals surface area contributed by atoms with Gasteiger partial charge in [0.05, 0.1) is 18.3 Å². The summed E-state index contributed by atoms with van der Waals surface area (Å²) in [7, 11) is 0. The number of carbonyl (C=O) groups is 6. The number of carbonyl (C=O) groups excluding carboxylic acids is 6. The molecule has 0 aromatic carbocycles. The van der Waals surface area contributed by atoms with Crippen LogP contribution in [0.1, 0.15) is 130 Å². The quantitative estimate of drug-likeness (QED) is 0.225. The van der Waals surface area contributed by atoms with Crippen molar-refractivity contribution < 1.29 is 28.8 Å². The maximum atomic E-state index is 14.7. The van der Waals surface area contributed by atoms with Crippen molar-refractivity contribution in [2.75, 3.05) is 6.54 Å². The molecule has 0 spiro atoms. The van der Waals surface area contributed by atoms with Crippen LogP contribution < -0.4 is 16.0 Å². The van der Waals surface area contributed by atoms with Crippen LogP contribution >= 0.6 is 0 Å². The summed E-state index contributed by atoms with van der Waals surface area (Å²) in [6.07, 6.45) is 12.3. The Balaban J connectivity index is 1.57. The van der Waals surface area contributed by atoms with Crippen molar-refractivity contribution in [2.24, 2.45) is 35.0 Å². The average molecular weight is 709 g/mol. The number of Topliss-reactive ketones (excluding diaryl/α,β-unsaturated/α-hetero) is 2. The number of fused-ring (bicyclic) bond motifs is 1. The van der Waals surface area contributed by atoms with Crippen LogP contribution in [0.2, 0.25) is 0 Å². The van der Waals surface area contributed by atoms with Gasteiger partial charge < -0.3 is 20.9 Å². The molecule has 282 valence electrons. The summed E-state index contributed by atoms with van der Waals surface area (Å²) in [6, 6.07) is -2.80. The minimum atomic E-state index is -1.01. The second-order valence-corrected chi connectivity index (χ2v) is 16.5. The van der Waals surface area contributed by atoms with E-state index in [0.29, 0.717) is 19.4 Å². The lowest BCUT2D eigenvalue weighted by Gasteiger charge is -2.37. The monoisotopic (exact) mass is 708 g/mol. The first-order chi connectivity index (χ1) is 24.1. The SMILES string of the molecule is CCC[C@H](NC(=O)[C@@H]1[C@H]2CCC[C@H]2CN1C(=O)[C@@H](CC(=O)[C@@H](NC(=O)c1cnccn1)C1CCCCC1)C(C)(C)C)C(=O)C(=O)N[C@@H](C)C(C)C. The normalized spacial score (nSPS) is 23.1. The topological polar surface area (TPSA) is 168 Å². The lowest BCUT2D eigenvalue weighted by atomic mass is 9.74. The van der Waals surface area contributed by atoms with Gasteiger partial charge in [-0.05, 0) is 68.1 Å². The number of nitrogens with zero attached hydrogens (tertiary/aromatic N) is 3. The highest BCUT2D eigenvalue weighted by molar-refractivity contribution is 6.38. The lowest BCUT2D eigenvalue weighted by Crippen LogP contribution is -2.56. The van der Waals surface area contributed by atoms with Crippen LogP contribution in [-0.2, 0) is 24.0 Å². The number of rotatable bonds is 15. The minimum Gasteiger partial charge on any atom is -0.347 e. The third-order valence-corrected chi connectivity index (χ3v) is 11.5. The standard InChI is InChI=1S/C39H60N6O6/c1-8-13-29(34(47)37(50)42-24(4)23(2)3)43-36(49)33-27-17-12-16-26(27)22-45(33)38(51)28(39(5,6)7)20-31(46)32(25-14-10-9-11-15-25)44-35(48)30-21-40-18-19-41-30/h18-19,21,23-29,32-33H,8-17,20,22H2,1-7H3,(H,42,50)(H,43,49)(H,44,48)/t24-,26-,27-,28+,29-,32-,33-/m0/s1. The fourth-order valence-corrected chi connectivity index (χ4v) is 8.14. The second kappa shape index (κ2) is 17.7. The highest BCUT2D eigenvalue weighted by Crippen LogP contribution is 2.44. The molecule has 12 heteroatoms. The van der Waals surface area contributed by atoms with Gasteiger partial charge in [-0.25, -0.2) is 4.98 Å². The number of hydrogen-bond donors (Lipinski definition) is 3. The second-order valence-electron chi connectivity index (χ2n) is 16.5. The van der Waals surface area contributed by atoms with Gasteiger partial charge in [-0.15, -0.1) is 0 Å². The Morgan fingerprint density at radius 2 is 1.61 bits per heavy atom. The van der Waals surface area contributed by atoms with Gasteiger partial charge in [-0.3, -0.25) is 33.8 Å². The van der Waals surface area contributed by atoms with Crippen LogP contribution in [0.15, 0.2) is 18.6 Å². The molecule has 0 bridgehead atoms. The zero-order valence-corrected chi connectivity index (χ0v) is 31.7. The number of likely N-dealkylation sites (tertiary alicyclic amines) is 1. The smallest absolute Gasteiger partial charge is 0.289 e. The van der Waals surface area contributed by atoms with Crippen LogP contribution in [0.25, 0.3) is 0 Å². The highest BCUT2D eigenvalue weighted by atomic mass is 16.2. The summed E-state index contributed by atoms with van der Waals surface area (Å²) in [5.41, 5.74) is -0.512. The molecule has 0 unspecified atom stereocenters. The number of amides is 4. The number of aromatic nitrogens is 2. The van der Waals surface area contributed by atoms with Crippen LogP contribution in [0.3, 0.4) is 0 Å². The first kappa shape index (κ1) is 40.1.